The quantitative estimate of drug-likeness (QED) is 0.483. The molecule has 0 radical (unpaired) electrons. The van der Waals surface area contributed by atoms with Crippen LogP contribution in [-0.4, -0.2) is 33.8 Å². The molecular weight excluding hydrogens is 390 g/mol. The maximum atomic E-state index is 13.5. The number of unbranched alkanes of at least 4 members (excludes halogenated alkanes) is 1. The van der Waals surface area contributed by atoms with Crippen LogP contribution in [0.5, 0.6) is 0 Å². The zero-order valence-corrected chi connectivity index (χ0v) is 15.3. The number of nitrogens with two attached hydrogens (primary N) is 1. The summed E-state index contributed by atoms with van der Waals surface area (Å²) in [6.45, 7) is 0.686. The number of aliphatic carboxylic acids is 1. The highest BCUT2D eigenvalue weighted by Gasteiger charge is 2.38. The highest BCUT2D eigenvalue weighted by atomic mass is 19.4. The van der Waals surface area contributed by atoms with Crippen LogP contribution < -0.4 is 5.73 Å². The van der Waals surface area contributed by atoms with E-state index in [4.69, 9.17) is 20.6 Å². The van der Waals surface area contributed by atoms with Gasteiger partial charge in [-0.1, -0.05) is 18.2 Å². The van der Waals surface area contributed by atoms with Crippen LogP contribution >= 0.6 is 0 Å². The van der Waals surface area contributed by atoms with E-state index in [1.165, 1.54) is 12.1 Å². The number of nitrogens with zero attached hydrogens (tertiary/aromatic N) is 2. The van der Waals surface area contributed by atoms with Crippen molar-refractivity contribution in [1.29, 1.82) is 0 Å². The molecule has 3 N–H and O–H groups in total. The molecule has 0 spiro atoms. The van der Waals surface area contributed by atoms with Crippen LogP contribution in [0.2, 0.25) is 0 Å². The van der Waals surface area contributed by atoms with Crippen molar-refractivity contribution in [3.8, 4) is 11.3 Å². The molecule has 9 heteroatoms. The molecule has 29 heavy (non-hydrogen) atoms. The third-order valence-corrected chi connectivity index (χ3v) is 3.87. The molecule has 0 saturated carbocycles. The smallest absolute Gasteiger partial charge is 0.475 e. The molecule has 0 aliphatic carbocycles. The Morgan fingerprint density at radius 3 is 2.45 bits per heavy atom. The minimum absolute atomic E-state index is 0.267. The number of carbonyl (C=O) groups is 1. The Morgan fingerprint density at radius 1 is 1.10 bits per heavy atom. The van der Waals surface area contributed by atoms with E-state index in [9.17, 15) is 17.6 Å². The van der Waals surface area contributed by atoms with E-state index in [1.54, 1.807) is 12.3 Å². The molecule has 3 aromatic rings. The number of fused-ring (bicyclic) bond motifs is 1. The van der Waals surface area contributed by atoms with Gasteiger partial charge in [0.15, 0.2) is 0 Å². The lowest BCUT2D eigenvalue weighted by molar-refractivity contribution is -0.192. The zero-order chi connectivity index (χ0) is 21.4. The maximum absolute atomic E-state index is 13.5. The number of hydrogen-bond donors (Lipinski definition) is 2. The number of hydrogen-bond acceptors (Lipinski definition) is 4. The molecule has 3 rings (SSSR count). The lowest BCUT2D eigenvalue weighted by Crippen LogP contribution is -2.21. The van der Waals surface area contributed by atoms with E-state index < -0.39 is 12.1 Å². The van der Waals surface area contributed by atoms with Crippen molar-refractivity contribution in [2.75, 3.05) is 6.54 Å². The van der Waals surface area contributed by atoms with Crippen LogP contribution in [-0.2, 0) is 11.2 Å². The fourth-order valence-corrected chi connectivity index (χ4v) is 2.56. The molecule has 2 heterocycles. The molecule has 154 valence electrons. The minimum Gasteiger partial charge on any atom is -0.475 e. The van der Waals surface area contributed by atoms with Crippen LogP contribution in [0.3, 0.4) is 0 Å². The van der Waals surface area contributed by atoms with Gasteiger partial charge in [-0.15, -0.1) is 0 Å². The van der Waals surface area contributed by atoms with Crippen molar-refractivity contribution in [3.63, 3.8) is 0 Å². The molecule has 0 amide bonds. The summed E-state index contributed by atoms with van der Waals surface area (Å²) in [5.74, 6) is -3.02. The van der Waals surface area contributed by atoms with Gasteiger partial charge in [0.1, 0.15) is 5.82 Å². The number of benzene rings is 1. The molecule has 0 aliphatic heterocycles. The normalized spacial score (nSPS) is 11.1. The second-order valence-electron chi connectivity index (χ2n) is 6.10. The van der Waals surface area contributed by atoms with E-state index in [0.717, 1.165) is 47.1 Å². The summed E-state index contributed by atoms with van der Waals surface area (Å²) < 4.78 is 45.3. The lowest BCUT2D eigenvalue weighted by Gasteiger charge is -2.09. The van der Waals surface area contributed by atoms with Gasteiger partial charge >= 0.3 is 12.1 Å². The fourth-order valence-electron chi connectivity index (χ4n) is 2.56. The third-order valence-electron chi connectivity index (χ3n) is 3.87. The number of alkyl halides is 3. The van der Waals surface area contributed by atoms with E-state index >= 15 is 0 Å². The molecule has 0 atom stereocenters. The maximum Gasteiger partial charge on any atom is 0.490 e. The van der Waals surface area contributed by atoms with Gasteiger partial charge in [0.05, 0.1) is 11.2 Å². The van der Waals surface area contributed by atoms with Crippen molar-refractivity contribution >= 4 is 16.9 Å². The van der Waals surface area contributed by atoms with Crippen molar-refractivity contribution in [2.45, 2.75) is 25.4 Å². The highest BCUT2D eigenvalue weighted by Crippen LogP contribution is 2.27. The molecule has 5 nitrogen and oxygen atoms in total. The summed E-state index contributed by atoms with van der Waals surface area (Å²) in [5, 5.41) is 8.15. The Morgan fingerprint density at radius 2 is 1.83 bits per heavy atom. The second-order valence-corrected chi connectivity index (χ2v) is 6.10. The average molecular weight is 409 g/mol. The standard InChI is InChI=1S/C18H18FN3.C2HF3O2/c19-15-7-3-5-13(11-15)18-17-14(6-4-10-21-17)12-16(22-18)8-1-2-9-20;3-2(4,5)1(6)7/h3-7,10-12H,1-2,8-9,20H2;(H,6,7). The van der Waals surface area contributed by atoms with Gasteiger partial charge in [0.25, 0.3) is 0 Å². The number of pyridine rings is 2. The SMILES string of the molecule is NCCCCc1cc2cccnc2c(-c2cccc(F)c2)n1.O=C(O)C(F)(F)F. The molecule has 0 aliphatic rings. The number of aryl methyl sites for hydroxylation is 1. The van der Waals surface area contributed by atoms with Gasteiger partial charge in [-0.2, -0.15) is 13.2 Å². The lowest BCUT2D eigenvalue weighted by atomic mass is 10.1. The summed E-state index contributed by atoms with van der Waals surface area (Å²) in [4.78, 5) is 18.0. The number of rotatable bonds is 5. The summed E-state index contributed by atoms with van der Waals surface area (Å²) in [7, 11) is 0. The molecule has 0 saturated heterocycles. The number of carboxylic acid groups (broad SMARTS) is 1. The van der Waals surface area contributed by atoms with Gasteiger partial charge in [-0.3, -0.25) is 9.97 Å². The Hall–Kier alpha value is -3.07. The third kappa shape index (κ3) is 6.49. The Balaban J connectivity index is 0.000000370. The number of aromatic nitrogens is 2. The molecule has 2 aromatic heterocycles. The molecular formula is C20H19F4N3O2. The monoisotopic (exact) mass is 409 g/mol. The topological polar surface area (TPSA) is 89.1 Å². The van der Waals surface area contributed by atoms with Crippen LogP contribution in [0, 0.1) is 5.82 Å². The van der Waals surface area contributed by atoms with Crippen molar-refractivity contribution in [3.05, 3.63) is 60.2 Å². The van der Waals surface area contributed by atoms with E-state index in [2.05, 4.69) is 11.1 Å². The predicted molar refractivity (Wildman–Crippen MR) is 101 cm³/mol. The van der Waals surface area contributed by atoms with Gasteiger partial charge in [-0.25, -0.2) is 9.18 Å². The average Bonchev–Trinajstić information content (AvgIpc) is 2.67. The van der Waals surface area contributed by atoms with Gasteiger partial charge in [-0.05, 0) is 50.1 Å². The summed E-state index contributed by atoms with van der Waals surface area (Å²) in [6.07, 6.45) is -0.509. The first-order chi connectivity index (χ1) is 13.7. The summed E-state index contributed by atoms with van der Waals surface area (Å²) in [6, 6.07) is 12.5. The molecule has 0 bridgehead atoms. The van der Waals surface area contributed by atoms with Crippen LogP contribution in [0.25, 0.3) is 22.2 Å². The predicted octanol–water partition coefficient (Wildman–Crippen LogP) is 4.35. The first-order valence-corrected chi connectivity index (χ1v) is 8.73. The molecule has 0 fully saturated rings. The Kier molecular flexibility index (Phi) is 7.60. The number of carboxylic acids is 1. The fraction of sp³-hybridized carbons (Fsp3) is 0.250. The summed E-state index contributed by atoms with van der Waals surface area (Å²) in [5.41, 5.74) is 8.83. The van der Waals surface area contributed by atoms with Crippen molar-refractivity contribution in [1.82, 2.24) is 9.97 Å². The van der Waals surface area contributed by atoms with Gasteiger partial charge in [0.2, 0.25) is 0 Å². The molecule has 1 aromatic carbocycles. The van der Waals surface area contributed by atoms with Crippen LogP contribution in [0.1, 0.15) is 18.5 Å². The Bertz CT molecular complexity index is 977. The van der Waals surface area contributed by atoms with Crippen LogP contribution in [0.15, 0.2) is 48.7 Å². The van der Waals surface area contributed by atoms with Crippen LogP contribution in [0.4, 0.5) is 17.6 Å². The first kappa shape index (κ1) is 22.2. The van der Waals surface area contributed by atoms with E-state index in [0.29, 0.717) is 6.54 Å². The van der Waals surface area contributed by atoms with E-state index in [-0.39, 0.29) is 5.82 Å². The van der Waals surface area contributed by atoms with Gasteiger partial charge < -0.3 is 10.8 Å². The largest absolute Gasteiger partial charge is 0.490 e. The minimum atomic E-state index is -5.08. The summed E-state index contributed by atoms with van der Waals surface area (Å²) >= 11 is 0. The molecule has 0 unspecified atom stereocenters. The van der Waals surface area contributed by atoms with Gasteiger partial charge in [0, 0.05) is 22.8 Å². The Labute approximate surface area is 164 Å². The zero-order valence-electron chi connectivity index (χ0n) is 15.3. The highest BCUT2D eigenvalue weighted by molar-refractivity contribution is 5.91. The van der Waals surface area contributed by atoms with E-state index in [1.807, 2.05) is 18.2 Å². The first-order valence-electron chi connectivity index (χ1n) is 8.73. The second kappa shape index (κ2) is 9.92. The number of halogens is 4. The van der Waals surface area contributed by atoms with Crippen molar-refractivity contribution in [2.24, 2.45) is 5.73 Å². The van der Waals surface area contributed by atoms with Crippen molar-refractivity contribution < 1.29 is 27.5 Å².